The zero-order chi connectivity index (χ0) is 3.58. The molecule has 51 valence electrons. The van der Waals surface area contributed by atoms with E-state index in [4.69, 9.17) is 9.90 Å². The molecule has 0 aromatic heterocycles. The van der Waals surface area contributed by atoms with Crippen LogP contribution in [0.3, 0.4) is 0 Å². The third-order valence-electron chi connectivity index (χ3n) is 0. The van der Waals surface area contributed by atoms with Gasteiger partial charge in [-0.2, -0.15) is 0 Å². The van der Waals surface area contributed by atoms with Crippen LogP contribution in [0.5, 0.6) is 0 Å². The molecular formula is C2H8AlCoLiNiO2. The topological polar surface area (TPSA) is 37.3 Å². The monoisotopic (exact) mass is 215 g/mol. The Labute approximate surface area is 93.1 Å². The summed E-state index contributed by atoms with van der Waals surface area (Å²) in [7, 11) is 0. The third kappa shape index (κ3) is 129. The van der Waals surface area contributed by atoms with Gasteiger partial charge in [0.1, 0.15) is 0 Å². The fourth-order valence-corrected chi connectivity index (χ4v) is 0. The zero-order valence-corrected chi connectivity index (χ0v) is 6.03. The van der Waals surface area contributed by atoms with Gasteiger partial charge < -0.3 is 6.53 Å². The molecule has 0 heterocycles. The van der Waals surface area contributed by atoms with E-state index in [1.165, 1.54) is 0 Å². The van der Waals surface area contributed by atoms with Crippen LogP contribution in [-0.2, 0) is 38.1 Å². The number of aliphatic carboxylic acids is 1. The Hall–Kier alpha value is 1.60. The molecule has 1 radical (unpaired) electrons. The molecule has 0 unspecified atom stereocenters. The maximum Gasteiger partial charge on any atom is 1.00 e. The minimum Gasteiger partial charge on any atom is -1.00 e. The van der Waals surface area contributed by atoms with Gasteiger partial charge >= 0.3 is 18.9 Å². The van der Waals surface area contributed by atoms with Crippen LogP contribution < -0.4 is 18.9 Å². The summed E-state index contributed by atoms with van der Waals surface area (Å²) in [6.45, 7) is 1.08. The first-order chi connectivity index (χ1) is 1.73. The molecule has 0 saturated heterocycles. The molecule has 0 aliphatic carbocycles. The van der Waals surface area contributed by atoms with E-state index in [-0.39, 0.29) is 70.9 Å². The molecule has 0 aromatic carbocycles. The number of hydrogen-bond acceptors (Lipinski definition) is 1. The van der Waals surface area contributed by atoms with Gasteiger partial charge in [-0.3, -0.25) is 4.79 Å². The molecule has 0 fully saturated rings. The summed E-state index contributed by atoms with van der Waals surface area (Å²) in [4.78, 5) is 9.00. The van der Waals surface area contributed by atoms with E-state index in [1.807, 2.05) is 0 Å². The summed E-state index contributed by atoms with van der Waals surface area (Å²) in [5.41, 5.74) is 0. The van der Waals surface area contributed by atoms with Crippen molar-refractivity contribution >= 4 is 23.3 Å². The normalized spacial score (nSPS) is 3.12. The minimum absolute atomic E-state index is 0. The van der Waals surface area contributed by atoms with Crippen molar-refractivity contribution in [3.05, 3.63) is 0 Å². The van der Waals surface area contributed by atoms with E-state index >= 15 is 0 Å². The Kier molecular flexibility index (Phi) is 98.5. The summed E-state index contributed by atoms with van der Waals surface area (Å²) in [6, 6.07) is 0. The second-order valence-electron chi connectivity index (χ2n) is 0.519. The molecule has 0 aliphatic rings. The van der Waals surface area contributed by atoms with Crippen LogP contribution in [0, 0.1) is 0 Å². The number of carboxylic acids is 1. The van der Waals surface area contributed by atoms with Crippen molar-refractivity contribution in [2.24, 2.45) is 0 Å². The summed E-state index contributed by atoms with van der Waals surface area (Å²) in [6.07, 6.45) is 0. The molecule has 0 saturated carbocycles. The van der Waals surface area contributed by atoms with Crippen LogP contribution in [-0.4, -0.2) is 28.4 Å². The predicted molar refractivity (Wildman–Crippen MR) is 24.4 cm³/mol. The van der Waals surface area contributed by atoms with Crippen molar-refractivity contribution < 1.29 is 63.5 Å². The SMILES string of the molecule is CC(=O)O.[AlH3].[Co].[H-].[Li+].[Ni]. The quantitative estimate of drug-likeness (QED) is 0.419. The van der Waals surface area contributed by atoms with E-state index in [9.17, 15) is 0 Å². The molecule has 0 spiro atoms. The summed E-state index contributed by atoms with van der Waals surface area (Å²) < 4.78 is 0. The molecule has 8 heavy (non-hydrogen) atoms. The maximum atomic E-state index is 9.00. The number of carboxylic acid groups (broad SMARTS) is 1. The van der Waals surface area contributed by atoms with Crippen LogP contribution >= 0.6 is 0 Å². The molecule has 0 rings (SSSR count). The van der Waals surface area contributed by atoms with E-state index in [0.29, 0.717) is 0 Å². The van der Waals surface area contributed by atoms with E-state index < -0.39 is 5.97 Å². The number of rotatable bonds is 0. The van der Waals surface area contributed by atoms with Gasteiger partial charge in [0.05, 0.1) is 0 Å². The maximum absolute atomic E-state index is 9.00. The third-order valence-corrected chi connectivity index (χ3v) is 0. The Morgan fingerprint density at radius 2 is 1.62 bits per heavy atom. The van der Waals surface area contributed by atoms with Crippen molar-refractivity contribution in [1.82, 2.24) is 0 Å². The molecule has 0 amide bonds. The molecular weight excluding hydrogens is 208 g/mol. The van der Waals surface area contributed by atoms with Gasteiger partial charge in [-0.05, 0) is 0 Å². The average Bonchev–Trinajstić information content (AvgIpc) is 0.811. The summed E-state index contributed by atoms with van der Waals surface area (Å²) in [5.74, 6) is -0.833. The average molecular weight is 216 g/mol. The van der Waals surface area contributed by atoms with Gasteiger partial charge in [-0.25, -0.2) is 0 Å². The first kappa shape index (κ1) is 33.6. The minimum atomic E-state index is -0.833. The number of hydrogen-bond donors (Lipinski definition) is 1. The van der Waals surface area contributed by atoms with Crippen LogP contribution in [0.2, 0.25) is 0 Å². The first-order valence-electron chi connectivity index (χ1n) is 0.928. The van der Waals surface area contributed by atoms with Gasteiger partial charge in [0.15, 0.2) is 17.4 Å². The van der Waals surface area contributed by atoms with Crippen LogP contribution in [0.1, 0.15) is 8.35 Å². The summed E-state index contributed by atoms with van der Waals surface area (Å²) >= 11 is 0. The molecule has 2 nitrogen and oxygen atoms in total. The van der Waals surface area contributed by atoms with Gasteiger partial charge in [-0.1, -0.05) is 0 Å². The molecule has 6 heteroatoms. The molecule has 0 bridgehead atoms. The van der Waals surface area contributed by atoms with Crippen molar-refractivity contribution in [3.8, 4) is 0 Å². The molecule has 0 atom stereocenters. The van der Waals surface area contributed by atoms with Crippen LogP contribution in [0.25, 0.3) is 0 Å². The van der Waals surface area contributed by atoms with Crippen LogP contribution in [0.15, 0.2) is 0 Å². The second kappa shape index (κ2) is 23.5. The van der Waals surface area contributed by atoms with Crippen LogP contribution in [0.4, 0.5) is 0 Å². The molecule has 1 N–H and O–H groups in total. The van der Waals surface area contributed by atoms with Gasteiger partial charge in [0, 0.05) is 40.2 Å². The van der Waals surface area contributed by atoms with Gasteiger partial charge in [0.25, 0.3) is 5.97 Å². The molecule has 0 aromatic rings. The smallest absolute Gasteiger partial charge is 1.00 e. The standard InChI is InChI=1S/C2H4O2.Al.Co.Li.Ni.4H/c1-2(3)4;;;;;;;;/h1H3,(H,3,4);;;;;;;;/q;;;+1;;;;;-1. The Bertz CT molecular complexity index is 47.5. The second-order valence-corrected chi connectivity index (χ2v) is 0.519. The largest absolute Gasteiger partial charge is 1.00 e. The van der Waals surface area contributed by atoms with Crippen molar-refractivity contribution in [3.63, 3.8) is 0 Å². The Balaban J connectivity index is -0.00000000450. The predicted octanol–water partition coefficient (Wildman–Crippen LogP) is -3.98. The van der Waals surface area contributed by atoms with E-state index in [0.717, 1.165) is 6.92 Å². The van der Waals surface area contributed by atoms with Crippen molar-refractivity contribution in [2.75, 3.05) is 0 Å². The van der Waals surface area contributed by atoms with Gasteiger partial charge in [-0.15, -0.1) is 0 Å². The summed E-state index contributed by atoms with van der Waals surface area (Å²) in [5, 5.41) is 7.42. The Morgan fingerprint density at radius 3 is 1.62 bits per heavy atom. The van der Waals surface area contributed by atoms with Crippen molar-refractivity contribution in [2.45, 2.75) is 6.92 Å². The fraction of sp³-hybridized carbons (Fsp3) is 0.500. The number of carbonyl (C=O) groups is 1. The molecule has 0 aliphatic heterocycles. The van der Waals surface area contributed by atoms with E-state index in [1.54, 1.807) is 0 Å². The zero-order valence-electron chi connectivity index (χ0n) is 5.01. The van der Waals surface area contributed by atoms with Crippen molar-refractivity contribution in [1.29, 1.82) is 0 Å². The first-order valence-corrected chi connectivity index (χ1v) is 0.928. The Morgan fingerprint density at radius 1 is 1.62 bits per heavy atom. The van der Waals surface area contributed by atoms with E-state index in [2.05, 4.69) is 0 Å². The van der Waals surface area contributed by atoms with Gasteiger partial charge in [0.2, 0.25) is 0 Å². The fourth-order valence-electron chi connectivity index (χ4n) is 0.